The Morgan fingerprint density at radius 3 is 2.64 bits per heavy atom. The lowest BCUT2D eigenvalue weighted by molar-refractivity contribution is -0.170. The Balaban J connectivity index is 1.29. The molecule has 10 nitrogen and oxygen atoms in total. The molecule has 2 aliphatic heterocycles. The van der Waals surface area contributed by atoms with Crippen molar-refractivity contribution in [3.05, 3.63) is 92.9 Å². The molecule has 220 valence electrons. The summed E-state index contributed by atoms with van der Waals surface area (Å²) in [7, 11) is 0. The van der Waals surface area contributed by atoms with E-state index in [-0.39, 0.29) is 41.4 Å². The van der Waals surface area contributed by atoms with Crippen LogP contribution in [0, 0.1) is 5.92 Å². The number of piperidine rings is 1. The number of allylic oxidation sites excluding steroid dienone is 1. The van der Waals surface area contributed by atoms with Gasteiger partial charge in [0.25, 0.3) is 5.91 Å². The van der Waals surface area contributed by atoms with E-state index in [4.69, 9.17) is 13.9 Å². The van der Waals surface area contributed by atoms with Gasteiger partial charge in [-0.3, -0.25) is 14.2 Å². The third-order valence-corrected chi connectivity index (χ3v) is 8.43. The molecule has 0 bridgehead atoms. The average molecular weight is 574 g/mol. The van der Waals surface area contributed by atoms with Crippen LogP contribution in [0.3, 0.4) is 0 Å². The molecule has 2 aliphatic rings. The fourth-order valence-corrected chi connectivity index (χ4v) is 6.36. The minimum atomic E-state index is -0.774. The summed E-state index contributed by atoms with van der Waals surface area (Å²) in [5, 5.41) is 10.0. The Bertz CT molecular complexity index is 1730. The van der Waals surface area contributed by atoms with Gasteiger partial charge in [0, 0.05) is 49.7 Å². The number of rotatable bonds is 8. The summed E-state index contributed by atoms with van der Waals surface area (Å²) in [5.41, 5.74) is 2.25. The topological polar surface area (TPSA) is 127 Å². The molecular weight excluding hydrogens is 538 g/mol. The number of hydrogen-bond acceptors (Lipinski definition) is 7. The summed E-state index contributed by atoms with van der Waals surface area (Å²) in [4.78, 5) is 44.8. The zero-order valence-corrected chi connectivity index (χ0v) is 23.5. The van der Waals surface area contributed by atoms with Gasteiger partial charge in [0.05, 0.1) is 22.7 Å². The predicted molar refractivity (Wildman–Crippen MR) is 157 cm³/mol. The van der Waals surface area contributed by atoms with Gasteiger partial charge in [-0.05, 0) is 62.9 Å². The van der Waals surface area contributed by atoms with E-state index in [2.05, 4.69) is 4.98 Å². The van der Waals surface area contributed by atoms with Crippen molar-refractivity contribution in [2.24, 2.45) is 5.92 Å². The second-order valence-corrected chi connectivity index (χ2v) is 10.9. The second kappa shape index (κ2) is 12.0. The number of carbonyl (C=O) groups excluding carboxylic acids is 1. The summed E-state index contributed by atoms with van der Waals surface area (Å²) in [6.07, 6.45) is 4.67. The Kier molecular flexibility index (Phi) is 7.99. The van der Waals surface area contributed by atoms with Gasteiger partial charge in [-0.15, -0.1) is 0 Å². The number of ether oxygens (including phenoxy) is 2. The number of carbonyl (C=O) groups is 1. The van der Waals surface area contributed by atoms with E-state index in [0.29, 0.717) is 61.9 Å². The van der Waals surface area contributed by atoms with Crippen molar-refractivity contribution in [2.45, 2.75) is 50.9 Å². The van der Waals surface area contributed by atoms with E-state index in [0.717, 1.165) is 11.0 Å². The van der Waals surface area contributed by atoms with E-state index in [1.54, 1.807) is 33.7 Å². The standard InChI is InChI=1S/C32H35N3O7/c1-2-40-31-21(9-7-17-36)23(24-19-41-27-12-6-3-8-22(27)29(24)37)18-28(42-31)30(38)34-15-13-20(14-16-34)35-26-11-5-4-10-25(26)33-32(35)39/h3-6,8,10-12,18-21,23,31,36H,2,7,9,13-17H2,1H3,(H,33,39)/t21-,23+,31-/m1/s1. The second-order valence-electron chi connectivity index (χ2n) is 10.9. The highest BCUT2D eigenvalue weighted by molar-refractivity contribution is 5.92. The van der Waals surface area contributed by atoms with Gasteiger partial charge in [-0.1, -0.05) is 24.3 Å². The minimum absolute atomic E-state index is 0.0155. The van der Waals surface area contributed by atoms with Crippen molar-refractivity contribution in [3.63, 3.8) is 0 Å². The maximum atomic E-state index is 13.8. The van der Waals surface area contributed by atoms with Crippen LogP contribution in [-0.2, 0) is 14.3 Å². The van der Waals surface area contributed by atoms with Gasteiger partial charge in [-0.25, -0.2) is 4.79 Å². The highest BCUT2D eigenvalue weighted by Gasteiger charge is 2.40. The molecule has 1 saturated heterocycles. The van der Waals surface area contributed by atoms with Crippen LogP contribution in [0.1, 0.15) is 50.1 Å². The number of aliphatic hydroxyl groups is 1. The summed E-state index contributed by atoms with van der Waals surface area (Å²) in [6.45, 7) is 3.09. The number of aliphatic hydroxyl groups excluding tert-OH is 1. The zero-order valence-electron chi connectivity index (χ0n) is 23.5. The van der Waals surface area contributed by atoms with Crippen LogP contribution in [0.15, 0.2) is 80.6 Å². The highest BCUT2D eigenvalue weighted by Crippen LogP contribution is 2.39. The Labute approximate surface area is 242 Å². The van der Waals surface area contributed by atoms with Crippen LogP contribution in [0.25, 0.3) is 22.0 Å². The number of fused-ring (bicyclic) bond motifs is 2. The van der Waals surface area contributed by atoms with Crippen LogP contribution >= 0.6 is 0 Å². The Morgan fingerprint density at radius 1 is 1.10 bits per heavy atom. The van der Waals surface area contributed by atoms with E-state index in [1.165, 1.54) is 6.26 Å². The number of hydrogen-bond donors (Lipinski definition) is 2. The van der Waals surface area contributed by atoms with Crippen LogP contribution in [0.4, 0.5) is 0 Å². The summed E-state index contributed by atoms with van der Waals surface area (Å²) < 4.78 is 19.8. The Morgan fingerprint density at radius 2 is 1.86 bits per heavy atom. The van der Waals surface area contributed by atoms with Crippen LogP contribution in [-0.4, -0.2) is 58.1 Å². The molecule has 2 N–H and O–H groups in total. The van der Waals surface area contributed by atoms with Crippen molar-refractivity contribution in [2.75, 3.05) is 26.3 Å². The van der Waals surface area contributed by atoms with Crippen LogP contribution in [0.5, 0.6) is 0 Å². The molecular formula is C32H35N3O7. The zero-order chi connectivity index (χ0) is 29.2. The van der Waals surface area contributed by atoms with Crippen molar-refractivity contribution < 1.29 is 23.8 Å². The van der Waals surface area contributed by atoms with Crippen molar-refractivity contribution in [1.29, 1.82) is 0 Å². The third-order valence-electron chi connectivity index (χ3n) is 8.43. The molecule has 0 radical (unpaired) electrons. The number of aromatic nitrogens is 2. The van der Waals surface area contributed by atoms with Crippen molar-refractivity contribution in [3.8, 4) is 0 Å². The monoisotopic (exact) mass is 573 g/mol. The number of nitrogens with one attached hydrogen (secondary N) is 1. The third kappa shape index (κ3) is 5.16. The molecule has 1 amide bonds. The largest absolute Gasteiger partial charge is 0.464 e. The number of likely N-dealkylation sites (tertiary alicyclic amines) is 1. The molecule has 2 aromatic carbocycles. The predicted octanol–water partition coefficient (Wildman–Crippen LogP) is 4.05. The SMILES string of the molecule is CCO[C@@H]1OC(C(=O)N2CCC(n3c(=O)[nH]c4ccccc43)CC2)=C[C@H](c2coc3ccccc3c2=O)[C@H]1CCCO. The lowest BCUT2D eigenvalue weighted by Gasteiger charge is -2.38. The molecule has 2 aromatic heterocycles. The molecule has 1 fully saturated rings. The fourth-order valence-electron chi connectivity index (χ4n) is 6.36. The number of imidazole rings is 1. The van der Waals surface area contributed by atoms with E-state index in [1.807, 2.05) is 37.3 Å². The normalized spacial score (nSPS) is 21.4. The number of nitrogens with zero attached hydrogens (tertiary/aromatic N) is 2. The molecule has 0 spiro atoms. The van der Waals surface area contributed by atoms with Crippen molar-refractivity contribution >= 4 is 27.9 Å². The molecule has 3 atom stereocenters. The minimum Gasteiger partial charge on any atom is -0.464 e. The molecule has 0 unspecified atom stereocenters. The highest BCUT2D eigenvalue weighted by atomic mass is 16.7. The summed E-state index contributed by atoms with van der Waals surface area (Å²) in [6, 6.07) is 14.6. The quantitative estimate of drug-likeness (QED) is 0.326. The molecule has 0 aliphatic carbocycles. The molecule has 0 saturated carbocycles. The van der Waals surface area contributed by atoms with Crippen LogP contribution < -0.4 is 11.1 Å². The van der Waals surface area contributed by atoms with Crippen LogP contribution in [0.2, 0.25) is 0 Å². The van der Waals surface area contributed by atoms with Gasteiger partial charge in [0.1, 0.15) is 5.58 Å². The fraction of sp³-hybridized carbons (Fsp3) is 0.406. The lowest BCUT2D eigenvalue weighted by atomic mass is 9.80. The number of aromatic amines is 1. The molecule has 42 heavy (non-hydrogen) atoms. The maximum absolute atomic E-state index is 13.8. The van der Waals surface area contributed by atoms with Gasteiger partial charge in [0.15, 0.2) is 11.2 Å². The molecule has 10 heteroatoms. The number of amides is 1. The van der Waals surface area contributed by atoms with Crippen molar-refractivity contribution in [1.82, 2.24) is 14.5 Å². The van der Waals surface area contributed by atoms with E-state index in [9.17, 15) is 19.5 Å². The van der Waals surface area contributed by atoms with Gasteiger partial charge < -0.3 is 28.9 Å². The maximum Gasteiger partial charge on any atom is 0.326 e. The number of H-pyrrole nitrogens is 1. The van der Waals surface area contributed by atoms with E-state index >= 15 is 0 Å². The first-order chi connectivity index (χ1) is 20.5. The summed E-state index contributed by atoms with van der Waals surface area (Å²) >= 11 is 0. The molecule has 4 heterocycles. The van der Waals surface area contributed by atoms with Gasteiger partial charge in [-0.2, -0.15) is 0 Å². The summed E-state index contributed by atoms with van der Waals surface area (Å²) in [5.74, 6) is -0.963. The Hall–Kier alpha value is -4.15. The first-order valence-electron chi connectivity index (χ1n) is 14.6. The number of benzene rings is 2. The lowest BCUT2D eigenvalue weighted by Crippen LogP contribution is -2.44. The number of para-hydroxylation sites is 3. The first-order valence-corrected chi connectivity index (χ1v) is 14.6. The van der Waals surface area contributed by atoms with E-state index < -0.39 is 12.2 Å². The van der Waals surface area contributed by atoms with Gasteiger partial charge >= 0.3 is 5.69 Å². The van der Waals surface area contributed by atoms with Gasteiger partial charge in [0.2, 0.25) is 6.29 Å². The first kappa shape index (κ1) is 28.0. The smallest absolute Gasteiger partial charge is 0.326 e. The molecule has 4 aromatic rings. The molecule has 6 rings (SSSR count). The average Bonchev–Trinajstić information content (AvgIpc) is 3.36.